The molecular formula is C10H6F15NO3. The molecule has 0 aromatic carbocycles. The van der Waals surface area contributed by atoms with Crippen LogP contribution in [-0.2, 0) is 9.53 Å². The second-order valence-electron chi connectivity index (χ2n) is 4.91. The topological polar surface area (TPSA) is 58.6 Å². The largest absolute Gasteiger partial charge is 0.460 e. The van der Waals surface area contributed by atoms with Crippen LogP contribution in [0.25, 0.3) is 0 Å². The molecule has 29 heavy (non-hydrogen) atoms. The van der Waals surface area contributed by atoms with Crippen LogP contribution in [-0.4, -0.2) is 66.2 Å². The first kappa shape index (κ1) is 27.3. The first-order chi connectivity index (χ1) is 12.4. The molecule has 0 saturated heterocycles. The van der Waals surface area contributed by atoms with Gasteiger partial charge in [-0.15, -0.1) is 0 Å². The minimum atomic E-state index is -8.18. The van der Waals surface area contributed by atoms with Crippen LogP contribution in [0.15, 0.2) is 0 Å². The van der Waals surface area contributed by atoms with E-state index >= 15 is 0 Å². The van der Waals surface area contributed by atoms with Crippen LogP contribution in [0.2, 0.25) is 0 Å². The molecule has 0 bridgehead atoms. The van der Waals surface area contributed by atoms with Gasteiger partial charge in [0.1, 0.15) is 0 Å². The van der Waals surface area contributed by atoms with E-state index in [2.05, 4.69) is 0 Å². The Morgan fingerprint density at radius 2 is 1.10 bits per heavy atom. The number of nitrogens with one attached hydrogen (secondary N) is 1. The molecule has 0 saturated carbocycles. The van der Waals surface area contributed by atoms with E-state index in [0.717, 1.165) is 0 Å². The average Bonchev–Trinajstić information content (AvgIpc) is 2.49. The van der Waals surface area contributed by atoms with Crippen LogP contribution in [0.1, 0.15) is 0 Å². The van der Waals surface area contributed by atoms with Gasteiger partial charge in [0.05, 0.1) is 6.61 Å². The third-order valence-electron chi connectivity index (χ3n) is 2.83. The van der Waals surface area contributed by atoms with E-state index in [-0.39, 0.29) is 0 Å². The van der Waals surface area contributed by atoms with Crippen LogP contribution in [0.3, 0.4) is 0 Å². The fraction of sp³-hybridized carbons (Fsp3) is 0.900. The maximum Gasteiger partial charge on any atom is 0.460 e. The first-order valence-corrected chi connectivity index (χ1v) is 6.37. The van der Waals surface area contributed by atoms with E-state index in [1.807, 2.05) is 0 Å². The Kier molecular flexibility index (Phi) is 7.11. The van der Waals surface area contributed by atoms with Crippen LogP contribution < -0.4 is 5.32 Å². The molecule has 4 nitrogen and oxygen atoms in total. The molecular weight excluding hydrogens is 467 g/mol. The standard InChI is InChI=1S/C10H6F15NO3/c11-4(8(18,19)20,3(28)26-1-2-27)29-10(24,25)7(16,17)5(12,13)6(14,15)9(21,22)23/h27H,1-2H2,(H,26,28)/t4-/m0/s1. The lowest BCUT2D eigenvalue weighted by molar-refractivity contribution is -0.487. The summed E-state index contributed by atoms with van der Waals surface area (Å²) in [6.45, 7) is -2.67. The molecule has 0 aromatic rings. The molecule has 0 rings (SSSR count). The molecule has 1 atom stereocenters. The lowest BCUT2D eigenvalue weighted by atomic mass is 10.0. The van der Waals surface area contributed by atoms with E-state index in [0.29, 0.717) is 5.32 Å². The van der Waals surface area contributed by atoms with Gasteiger partial charge in [-0.3, -0.25) is 9.53 Å². The zero-order valence-corrected chi connectivity index (χ0v) is 12.8. The van der Waals surface area contributed by atoms with E-state index in [1.165, 1.54) is 0 Å². The number of alkyl halides is 15. The fourth-order valence-corrected chi connectivity index (χ4v) is 1.31. The zero-order valence-electron chi connectivity index (χ0n) is 12.8. The van der Waals surface area contributed by atoms with E-state index in [4.69, 9.17) is 5.11 Å². The number of hydrogen-bond donors (Lipinski definition) is 2. The number of aliphatic hydroxyl groups is 1. The molecule has 0 aliphatic rings. The van der Waals surface area contributed by atoms with Gasteiger partial charge in [-0.1, -0.05) is 0 Å². The van der Waals surface area contributed by atoms with Crippen LogP contribution in [0.4, 0.5) is 65.9 Å². The predicted molar refractivity (Wildman–Crippen MR) is 56.9 cm³/mol. The second-order valence-corrected chi connectivity index (χ2v) is 4.91. The maximum absolute atomic E-state index is 13.7. The van der Waals surface area contributed by atoms with Gasteiger partial charge >= 0.3 is 42.1 Å². The normalized spacial score (nSPS) is 17.1. The summed E-state index contributed by atoms with van der Waals surface area (Å²) in [5.41, 5.74) is 0. The Bertz CT molecular complexity index is 598. The van der Waals surface area contributed by atoms with Crippen molar-refractivity contribution in [1.82, 2.24) is 5.32 Å². The highest BCUT2D eigenvalue weighted by atomic mass is 19.4. The minimum absolute atomic E-state index is 0.644. The maximum atomic E-state index is 13.7. The quantitative estimate of drug-likeness (QED) is 0.532. The highest BCUT2D eigenvalue weighted by molar-refractivity contribution is 5.84. The Hall–Kier alpha value is -1.66. The Morgan fingerprint density at radius 3 is 1.41 bits per heavy atom. The van der Waals surface area contributed by atoms with Crippen molar-refractivity contribution in [2.45, 2.75) is 42.1 Å². The summed E-state index contributed by atoms with van der Waals surface area (Å²) >= 11 is 0. The molecule has 19 heteroatoms. The van der Waals surface area contributed by atoms with Crippen molar-refractivity contribution >= 4 is 5.91 Å². The number of aliphatic hydroxyl groups excluding tert-OH is 1. The second kappa shape index (κ2) is 7.55. The average molecular weight is 473 g/mol. The monoisotopic (exact) mass is 473 g/mol. The molecule has 0 fully saturated rings. The van der Waals surface area contributed by atoms with Crippen molar-refractivity contribution in [3.8, 4) is 0 Å². The van der Waals surface area contributed by atoms with Gasteiger partial charge in [0, 0.05) is 6.54 Å². The smallest absolute Gasteiger partial charge is 0.395 e. The molecule has 2 N–H and O–H groups in total. The van der Waals surface area contributed by atoms with E-state index in [1.54, 1.807) is 4.74 Å². The van der Waals surface area contributed by atoms with Crippen molar-refractivity contribution in [2.24, 2.45) is 0 Å². The molecule has 0 aromatic heterocycles. The summed E-state index contributed by atoms with van der Waals surface area (Å²) in [6.07, 6.45) is -22.4. The third kappa shape index (κ3) is 4.43. The molecule has 0 aliphatic carbocycles. The summed E-state index contributed by atoms with van der Waals surface area (Å²) in [6, 6.07) is 0. The number of carbonyl (C=O) groups excluding carboxylic acids is 1. The van der Waals surface area contributed by atoms with Gasteiger partial charge in [0.2, 0.25) is 0 Å². The van der Waals surface area contributed by atoms with Gasteiger partial charge in [-0.25, -0.2) is 0 Å². The minimum Gasteiger partial charge on any atom is -0.395 e. The van der Waals surface area contributed by atoms with Crippen LogP contribution >= 0.6 is 0 Å². The molecule has 0 unspecified atom stereocenters. The van der Waals surface area contributed by atoms with Crippen molar-refractivity contribution in [1.29, 1.82) is 0 Å². The van der Waals surface area contributed by atoms with Gasteiger partial charge in [0.25, 0.3) is 5.91 Å². The van der Waals surface area contributed by atoms with Gasteiger partial charge < -0.3 is 10.4 Å². The summed E-state index contributed by atoms with van der Waals surface area (Å²) in [7, 11) is 0. The molecule has 174 valence electrons. The number of amides is 1. The summed E-state index contributed by atoms with van der Waals surface area (Å²) in [5, 5.41) is 8.85. The Labute approximate surface area is 148 Å². The highest BCUT2D eigenvalue weighted by Crippen LogP contribution is 2.58. The molecule has 0 spiro atoms. The molecule has 0 heterocycles. The summed E-state index contributed by atoms with van der Waals surface area (Å²) in [4.78, 5) is 10.9. The number of halogens is 15. The number of carbonyl (C=O) groups is 1. The first-order valence-electron chi connectivity index (χ1n) is 6.37. The molecule has 0 aliphatic heterocycles. The number of ether oxygens (including phenoxy) is 1. The number of rotatable bonds is 8. The van der Waals surface area contributed by atoms with Gasteiger partial charge in [-0.05, 0) is 0 Å². The summed E-state index contributed by atoms with van der Waals surface area (Å²) < 4.78 is 192. The van der Waals surface area contributed by atoms with Crippen LogP contribution in [0.5, 0.6) is 0 Å². The van der Waals surface area contributed by atoms with Crippen molar-refractivity contribution in [3.63, 3.8) is 0 Å². The van der Waals surface area contributed by atoms with Crippen molar-refractivity contribution in [3.05, 3.63) is 0 Å². The van der Waals surface area contributed by atoms with Crippen molar-refractivity contribution in [2.75, 3.05) is 13.2 Å². The highest BCUT2D eigenvalue weighted by Gasteiger charge is 2.89. The van der Waals surface area contributed by atoms with Gasteiger partial charge in [0.15, 0.2) is 0 Å². The molecule has 1 amide bonds. The lowest BCUT2D eigenvalue weighted by Gasteiger charge is -2.38. The van der Waals surface area contributed by atoms with E-state index < -0.39 is 61.1 Å². The predicted octanol–water partition coefficient (Wildman–Crippen LogP) is 3.40. The van der Waals surface area contributed by atoms with Crippen LogP contribution in [0, 0.1) is 0 Å². The Balaban J connectivity index is 6.34. The van der Waals surface area contributed by atoms with E-state index in [9.17, 15) is 70.7 Å². The fourth-order valence-electron chi connectivity index (χ4n) is 1.31. The third-order valence-corrected chi connectivity index (χ3v) is 2.83. The number of hydrogen-bond acceptors (Lipinski definition) is 3. The van der Waals surface area contributed by atoms with Gasteiger partial charge in [-0.2, -0.15) is 65.9 Å². The summed E-state index contributed by atoms with van der Waals surface area (Å²) in [5.74, 6) is -34.4. The van der Waals surface area contributed by atoms with Crippen molar-refractivity contribution < 1.29 is 80.5 Å². The lowest BCUT2D eigenvalue weighted by Crippen LogP contribution is -2.69. The SMILES string of the molecule is O=C(NCCO)[C@](F)(OC(F)(F)C(F)(F)C(F)(F)C(F)(F)C(F)(F)F)C(F)(F)F. The molecule has 0 radical (unpaired) electrons. The zero-order chi connectivity index (χ0) is 23.9. The Morgan fingerprint density at radius 1 is 0.690 bits per heavy atom.